The van der Waals surface area contributed by atoms with Crippen LogP contribution in [0.15, 0.2) is 52.3 Å². The number of thiazole rings is 1. The Kier molecular flexibility index (Phi) is 4.17. The molecule has 0 radical (unpaired) electrons. The number of thioether (sulfide) groups is 1. The third kappa shape index (κ3) is 3.48. The van der Waals surface area contributed by atoms with Crippen molar-refractivity contribution < 1.29 is 13.2 Å². The highest BCUT2D eigenvalue weighted by Gasteiger charge is 2.29. The van der Waals surface area contributed by atoms with Crippen molar-refractivity contribution in [1.82, 2.24) is 9.97 Å². The van der Waals surface area contributed by atoms with Gasteiger partial charge in [0.2, 0.25) is 0 Å². The molecule has 0 aliphatic carbocycles. The molecule has 0 amide bonds. The van der Waals surface area contributed by atoms with E-state index in [1.165, 1.54) is 35.2 Å². The van der Waals surface area contributed by atoms with Crippen LogP contribution in [-0.4, -0.2) is 9.97 Å². The molecule has 3 rings (SSSR count). The van der Waals surface area contributed by atoms with Crippen LogP contribution >= 0.6 is 23.1 Å². The number of pyridine rings is 1. The minimum Gasteiger partial charge on any atom is -0.244 e. The molecule has 0 saturated carbocycles. The molecule has 0 aliphatic rings. The molecule has 0 N–H and O–H groups in total. The SMILES string of the molecule is FC(F)(F)c1ccc(/C=C/Sc2nc3cccnc3s2)cc1. The Morgan fingerprint density at radius 1 is 1.09 bits per heavy atom. The highest BCUT2D eigenvalue weighted by molar-refractivity contribution is 8.04. The van der Waals surface area contributed by atoms with Crippen LogP contribution in [0.4, 0.5) is 13.2 Å². The van der Waals surface area contributed by atoms with E-state index < -0.39 is 11.7 Å². The molecule has 0 aliphatic heterocycles. The normalized spacial score (nSPS) is 12.3. The minimum atomic E-state index is -4.30. The average Bonchev–Trinajstić information content (AvgIpc) is 2.89. The van der Waals surface area contributed by atoms with Crippen LogP contribution in [0.1, 0.15) is 11.1 Å². The third-order valence-electron chi connectivity index (χ3n) is 2.81. The Morgan fingerprint density at radius 3 is 2.55 bits per heavy atom. The zero-order chi connectivity index (χ0) is 15.6. The summed E-state index contributed by atoms with van der Waals surface area (Å²) < 4.78 is 38.2. The zero-order valence-corrected chi connectivity index (χ0v) is 12.7. The van der Waals surface area contributed by atoms with E-state index in [1.807, 2.05) is 12.1 Å². The molecule has 0 saturated heterocycles. The van der Waals surface area contributed by atoms with Gasteiger partial charge in [0.1, 0.15) is 10.3 Å². The summed E-state index contributed by atoms with van der Waals surface area (Å²) in [5.74, 6) is 0. The molecule has 22 heavy (non-hydrogen) atoms. The molecule has 0 bridgehead atoms. The van der Waals surface area contributed by atoms with Gasteiger partial charge < -0.3 is 0 Å². The average molecular weight is 338 g/mol. The molecule has 0 unspecified atom stereocenters. The largest absolute Gasteiger partial charge is 0.416 e. The van der Waals surface area contributed by atoms with E-state index >= 15 is 0 Å². The monoisotopic (exact) mass is 338 g/mol. The minimum absolute atomic E-state index is 0.644. The van der Waals surface area contributed by atoms with Crippen LogP contribution < -0.4 is 0 Å². The van der Waals surface area contributed by atoms with E-state index in [0.29, 0.717) is 5.56 Å². The van der Waals surface area contributed by atoms with Gasteiger partial charge in [-0.1, -0.05) is 35.2 Å². The topological polar surface area (TPSA) is 25.8 Å². The Balaban J connectivity index is 1.69. The van der Waals surface area contributed by atoms with Gasteiger partial charge in [0.05, 0.1) is 5.56 Å². The summed E-state index contributed by atoms with van der Waals surface area (Å²) >= 11 is 2.89. The molecule has 112 valence electrons. The summed E-state index contributed by atoms with van der Waals surface area (Å²) in [5.41, 5.74) is 0.909. The van der Waals surface area contributed by atoms with E-state index in [0.717, 1.165) is 26.8 Å². The Labute approximate surface area is 132 Å². The molecule has 1 aromatic carbocycles. The van der Waals surface area contributed by atoms with E-state index in [2.05, 4.69) is 9.97 Å². The number of rotatable bonds is 3. The lowest BCUT2D eigenvalue weighted by Crippen LogP contribution is -2.03. The van der Waals surface area contributed by atoms with E-state index in [9.17, 15) is 13.2 Å². The fourth-order valence-corrected chi connectivity index (χ4v) is 3.48. The predicted molar refractivity (Wildman–Crippen MR) is 83.8 cm³/mol. The second-order valence-electron chi connectivity index (χ2n) is 4.35. The van der Waals surface area contributed by atoms with Crippen LogP contribution in [0, 0.1) is 0 Å². The lowest BCUT2D eigenvalue weighted by atomic mass is 10.1. The fraction of sp³-hybridized carbons (Fsp3) is 0.0667. The van der Waals surface area contributed by atoms with Crippen LogP contribution in [0.25, 0.3) is 16.4 Å². The highest BCUT2D eigenvalue weighted by atomic mass is 32.2. The Hall–Kier alpha value is -1.86. The van der Waals surface area contributed by atoms with E-state index in [1.54, 1.807) is 17.7 Å². The van der Waals surface area contributed by atoms with Gasteiger partial charge in [0.15, 0.2) is 4.34 Å². The van der Waals surface area contributed by atoms with Crippen LogP contribution in [-0.2, 0) is 6.18 Å². The second-order valence-corrected chi connectivity index (χ2v) is 6.48. The summed E-state index contributed by atoms with van der Waals surface area (Å²) in [6.45, 7) is 0. The summed E-state index contributed by atoms with van der Waals surface area (Å²) in [5, 5.41) is 1.81. The maximum Gasteiger partial charge on any atom is 0.416 e. The van der Waals surface area contributed by atoms with Crippen molar-refractivity contribution in [3.05, 3.63) is 59.1 Å². The number of hydrogen-bond donors (Lipinski definition) is 0. The molecule has 2 aromatic heterocycles. The first kappa shape index (κ1) is 15.1. The van der Waals surface area contributed by atoms with Gasteiger partial charge in [0.25, 0.3) is 0 Å². The first-order chi connectivity index (χ1) is 10.5. The van der Waals surface area contributed by atoms with Crippen molar-refractivity contribution >= 4 is 39.5 Å². The predicted octanol–water partition coefficient (Wildman–Crippen LogP) is 5.47. The smallest absolute Gasteiger partial charge is 0.244 e. The molecule has 3 aromatic rings. The molecular weight excluding hydrogens is 329 g/mol. The van der Waals surface area contributed by atoms with Crippen molar-refractivity contribution in [1.29, 1.82) is 0 Å². The number of nitrogens with zero attached hydrogens (tertiary/aromatic N) is 2. The molecule has 0 atom stereocenters. The first-order valence-electron chi connectivity index (χ1n) is 6.24. The number of benzene rings is 1. The summed E-state index contributed by atoms with van der Waals surface area (Å²) in [4.78, 5) is 9.49. The van der Waals surface area contributed by atoms with Gasteiger partial charge in [-0.05, 0) is 41.3 Å². The van der Waals surface area contributed by atoms with Crippen molar-refractivity contribution in [3.63, 3.8) is 0 Å². The highest BCUT2D eigenvalue weighted by Crippen LogP contribution is 2.31. The van der Waals surface area contributed by atoms with E-state index in [4.69, 9.17) is 0 Å². The number of halogens is 3. The molecular formula is C15H9F3N2S2. The van der Waals surface area contributed by atoms with Gasteiger partial charge in [-0.25, -0.2) is 9.97 Å². The van der Waals surface area contributed by atoms with Crippen molar-refractivity contribution in [3.8, 4) is 0 Å². The Bertz CT molecular complexity index is 775. The van der Waals surface area contributed by atoms with Crippen molar-refractivity contribution in [2.75, 3.05) is 0 Å². The van der Waals surface area contributed by atoms with E-state index in [-0.39, 0.29) is 0 Å². The third-order valence-corrected chi connectivity index (χ3v) is 4.69. The lowest BCUT2D eigenvalue weighted by Gasteiger charge is -2.05. The Morgan fingerprint density at radius 2 is 1.86 bits per heavy atom. The van der Waals surface area contributed by atoms with Gasteiger partial charge in [-0.3, -0.25) is 0 Å². The molecule has 0 fully saturated rings. The second kappa shape index (κ2) is 6.10. The molecule has 0 spiro atoms. The van der Waals surface area contributed by atoms with Crippen LogP contribution in [0.2, 0.25) is 0 Å². The fourth-order valence-electron chi connectivity index (χ4n) is 1.75. The summed E-state index contributed by atoms with van der Waals surface area (Å²) in [6, 6.07) is 8.76. The quantitative estimate of drug-likeness (QED) is 0.592. The van der Waals surface area contributed by atoms with Gasteiger partial charge in [0, 0.05) is 6.20 Å². The number of fused-ring (bicyclic) bond motifs is 1. The van der Waals surface area contributed by atoms with Crippen LogP contribution in [0.3, 0.4) is 0 Å². The molecule has 7 heteroatoms. The lowest BCUT2D eigenvalue weighted by molar-refractivity contribution is -0.137. The number of alkyl halides is 3. The zero-order valence-electron chi connectivity index (χ0n) is 11.0. The van der Waals surface area contributed by atoms with Crippen molar-refractivity contribution in [2.24, 2.45) is 0 Å². The standard InChI is InChI=1S/C15H9F3N2S2/c16-15(17,18)11-5-3-10(4-6-11)7-9-21-14-20-12-2-1-8-19-13(12)22-14/h1-9H/b9-7+. The van der Waals surface area contributed by atoms with Gasteiger partial charge in [-0.2, -0.15) is 13.2 Å². The maximum absolute atomic E-state index is 12.5. The maximum atomic E-state index is 12.5. The number of hydrogen-bond acceptors (Lipinski definition) is 4. The number of aromatic nitrogens is 2. The van der Waals surface area contributed by atoms with Crippen LogP contribution in [0.5, 0.6) is 0 Å². The molecule has 2 heterocycles. The first-order valence-corrected chi connectivity index (χ1v) is 7.94. The molecule has 2 nitrogen and oxygen atoms in total. The van der Waals surface area contributed by atoms with Crippen molar-refractivity contribution in [2.45, 2.75) is 10.5 Å². The summed E-state index contributed by atoms with van der Waals surface area (Å²) in [7, 11) is 0. The van der Waals surface area contributed by atoms with Gasteiger partial charge in [-0.15, -0.1) is 0 Å². The summed E-state index contributed by atoms with van der Waals surface area (Å²) in [6.07, 6.45) is -0.831. The van der Waals surface area contributed by atoms with Gasteiger partial charge >= 0.3 is 6.18 Å².